The van der Waals surface area contributed by atoms with Gasteiger partial charge in [0.15, 0.2) is 0 Å². The van der Waals surface area contributed by atoms with Gasteiger partial charge < -0.3 is 20.9 Å². The predicted molar refractivity (Wildman–Crippen MR) is 155 cm³/mol. The molecule has 2 rings (SSSR count). The van der Waals surface area contributed by atoms with Gasteiger partial charge in [-0.05, 0) is 50.6 Å². The van der Waals surface area contributed by atoms with E-state index in [1.165, 1.54) is 5.56 Å². The molecule has 1 aliphatic rings. The third kappa shape index (κ3) is 10.0. The van der Waals surface area contributed by atoms with Gasteiger partial charge in [0.05, 0.1) is 29.6 Å². The van der Waals surface area contributed by atoms with Crippen molar-refractivity contribution in [2.75, 3.05) is 32.7 Å². The predicted octanol–water partition coefficient (Wildman–Crippen LogP) is 3.46. The van der Waals surface area contributed by atoms with Crippen molar-refractivity contribution in [2.24, 2.45) is 9.98 Å². The average molecular weight is 512 g/mol. The van der Waals surface area contributed by atoms with Crippen LogP contribution in [0.5, 0.6) is 0 Å². The summed E-state index contributed by atoms with van der Waals surface area (Å²) in [7, 11) is 1.90. The number of allylic oxidation sites excluding steroid dienone is 1. The van der Waals surface area contributed by atoms with Crippen molar-refractivity contribution in [2.45, 2.75) is 45.7 Å². The molecular weight excluding hydrogens is 470 g/mol. The van der Waals surface area contributed by atoms with E-state index in [0.29, 0.717) is 19.3 Å². The van der Waals surface area contributed by atoms with Crippen LogP contribution in [0.1, 0.15) is 37.8 Å². The Bertz CT molecular complexity index is 955. The number of amides is 1. The molecule has 196 valence electrons. The van der Waals surface area contributed by atoms with Gasteiger partial charge in [-0.25, -0.2) is 0 Å². The van der Waals surface area contributed by atoms with Crippen molar-refractivity contribution in [3.63, 3.8) is 0 Å². The summed E-state index contributed by atoms with van der Waals surface area (Å²) in [5, 5.41) is 15.1. The number of thioether (sulfide) groups is 1. The van der Waals surface area contributed by atoms with Crippen LogP contribution in [0.25, 0.3) is 5.70 Å². The first-order chi connectivity index (χ1) is 17.5. The number of benzene rings is 1. The Morgan fingerprint density at radius 1 is 1.25 bits per heavy atom. The Labute approximate surface area is 220 Å². The first-order valence-electron chi connectivity index (χ1n) is 12.3. The minimum absolute atomic E-state index is 0.258. The van der Waals surface area contributed by atoms with E-state index in [-0.39, 0.29) is 6.04 Å². The maximum absolute atomic E-state index is 10.6. The van der Waals surface area contributed by atoms with Crippen LogP contribution >= 0.6 is 11.8 Å². The Morgan fingerprint density at radius 2 is 2.06 bits per heavy atom. The molecule has 1 amide bonds. The Morgan fingerprint density at radius 3 is 2.69 bits per heavy atom. The second-order valence-electron chi connectivity index (χ2n) is 8.75. The van der Waals surface area contributed by atoms with E-state index in [1.54, 1.807) is 11.8 Å². The number of likely N-dealkylation sites (N-methyl/N-ethyl adjacent to an activating group) is 1. The molecule has 1 aliphatic heterocycles. The fourth-order valence-electron chi connectivity index (χ4n) is 3.79. The van der Waals surface area contributed by atoms with Crippen LogP contribution in [-0.2, 0) is 4.79 Å². The molecule has 8 nitrogen and oxygen atoms in total. The first kappa shape index (κ1) is 29.4. The summed E-state index contributed by atoms with van der Waals surface area (Å²) in [5.41, 5.74) is 4.87. The molecule has 9 heteroatoms. The van der Waals surface area contributed by atoms with Crippen LogP contribution in [0.3, 0.4) is 0 Å². The van der Waals surface area contributed by atoms with Gasteiger partial charge >= 0.3 is 0 Å². The monoisotopic (exact) mass is 511 g/mol. The van der Waals surface area contributed by atoms with E-state index in [1.807, 2.05) is 25.4 Å². The highest BCUT2D eigenvalue weighted by Crippen LogP contribution is 2.31. The smallest absolute Gasteiger partial charge is 0.207 e. The molecule has 0 saturated heterocycles. The van der Waals surface area contributed by atoms with Crippen molar-refractivity contribution in [1.82, 2.24) is 26.2 Å². The SMILES string of the molecule is C=N/C(=C(/C(=C/C=N\CNC(CCNC=O)CCNC(C)C)NC)N1C=CSC1)c1cccc(C)c1. The van der Waals surface area contributed by atoms with E-state index >= 15 is 0 Å². The van der Waals surface area contributed by atoms with Crippen molar-refractivity contribution in [3.8, 4) is 0 Å². The quantitative estimate of drug-likeness (QED) is 0.111. The zero-order valence-corrected chi connectivity index (χ0v) is 22.8. The lowest BCUT2D eigenvalue weighted by Gasteiger charge is -2.24. The van der Waals surface area contributed by atoms with Gasteiger partial charge in [0.25, 0.3) is 0 Å². The number of carbonyl (C=O) groups excluding carboxylic acids is 1. The van der Waals surface area contributed by atoms with Crippen LogP contribution < -0.4 is 21.3 Å². The molecule has 1 atom stereocenters. The number of carbonyl (C=O) groups is 1. The maximum atomic E-state index is 10.6. The minimum atomic E-state index is 0.258. The normalized spacial score (nSPS) is 15.4. The number of hydrogen-bond acceptors (Lipinski definition) is 8. The van der Waals surface area contributed by atoms with Crippen molar-refractivity contribution in [1.29, 1.82) is 0 Å². The molecule has 0 spiro atoms. The fraction of sp³-hybridized carbons (Fsp3) is 0.444. The highest BCUT2D eigenvalue weighted by Gasteiger charge is 2.20. The lowest BCUT2D eigenvalue weighted by molar-refractivity contribution is -0.109. The molecule has 0 aliphatic carbocycles. The van der Waals surface area contributed by atoms with Crippen LogP contribution in [-0.4, -0.2) is 69.0 Å². The Hall–Kier alpha value is -2.88. The maximum Gasteiger partial charge on any atom is 0.207 e. The van der Waals surface area contributed by atoms with E-state index in [0.717, 1.165) is 54.3 Å². The molecule has 1 unspecified atom stereocenters. The number of nitrogens with one attached hydrogen (secondary N) is 4. The Kier molecular flexibility index (Phi) is 13.6. The second-order valence-corrected chi connectivity index (χ2v) is 9.62. The van der Waals surface area contributed by atoms with Gasteiger partial charge in [0.1, 0.15) is 0 Å². The van der Waals surface area contributed by atoms with E-state index < -0.39 is 0 Å². The van der Waals surface area contributed by atoms with E-state index in [9.17, 15) is 4.79 Å². The largest absolute Gasteiger partial charge is 0.386 e. The van der Waals surface area contributed by atoms with Gasteiger partial charge in [-0.1, -0.05) is 37.6 Å². The van der Waals surface area contributed by atoms with Crippen molar-refractivity contribution < 1.29 is 4.79 Å². The summed E-state index contributed by atoms with van der Waals surface area (Å²) in [6.07, 6.45) is 8.40. The lowest BCUT2D eigenvalue weighted by atomic mass is 10.1. The molecule has 0 radical (unpaired) electrons. The highest BCUT2D eigenvalue weighted by molar-refractivity contribution is 8.02. The number of aryl methyl sites for hydroxylation is 1. The second kappa shape index (κ2) is 16.7. The number of nitrogens with zero attached hydrogens (tertiary/aromatic N) is 3. The highest BCUT2D eigenvalue weighted by atomic mass is 32.2. The minimum Gasteiger partial charge on any atom is -0.386 e. The van der Waals surface area contributed by atoms with Crippen molar-refractivity contribution >= 4 is 36.8 Å². The number of aliphatic imine (C=N–C) groups is 2. The third-order valence-electron chi connectivity index (χ3n) is 5.62. The summed E-state index contributed by atoms with van der Waals surface area (Å²) in [6, 6.07) is 9.00. The molecule has 0 saturated carbocycles. The van der Waals surface area contributed by atoms with E-state index in [4.69, 9.17) is 0 Å². The van der Waals surface area contributed by atoms with Crippen molar-refractivity contribution in [3.05, 3.63) is 64.5 Å². The standard InChI is InChI=1S/C27H41N7OS/c1-21(2)32-14-10-24(9-12-31-19-35)33-18-30-13-11-25(28-4)27(34-15-16-36-20-34)26(29-5)23-8-6-7-22(3)17-23/h6-8,11,13,15-17,19,21,24,28,32-33H,5,9-10,12,14,18,20H2,1-4H3,(H,31,35)/b25-11-,27-26-,30-13-. The molecule has 1 heterocycles. The lowest BCUT2D eigenvalue weighted by Crippen LogP contribution is -2.36. The molecule has 1 aromatic carbocycles. The first-order valence-corrected chi connectivity index (χ1v) is 13.4. The summed E-state index contributed by atoms with van der Waals surface area (Å²) in [5.74, 6) is 0.804. The molecule has 4 N–H and O–H groups in total. The number of hydrogen-bond donors (Lipinski definition) is 4. The zero-order valence-electron chi connectivity index (χ0n) is 22.0. The zero-order chi connectivity index (χ0) is 26.2. The van der Waals surface area contributed by atoms with Gasteiger partial charge in [-0.3, -0.25) is 20.1 Å². The topological polar surface area (TPSA) is 93.1 Å². The molecule has 0 bridgehead atoms. The molecule has 36 heavy (non-hydrogen) atoms. The van der Waals surface area contributed by atoms with Crippen LogP contribution in [0.2, 0.25) is 0 Å². The summed E-state index contributed by atoms with van der Waals surface area (Å²) in [4.78, 5) is 21.8. The van der Waals surface area contributed by atoms with Crippen LogP contribution in [0, 0.1) is 6.92 Å². The summed E-state index contributed by atoms with van der Waals surface area (Å²) >= 11 is 1.73. The van der Waals surface area contributed by atoms with Gasteiger partial charge in [-0.15, -0.1) is 11.8 Å². The van der Waals surface area contributed by atoms with Gasteiger partial charge in [-0.2, -0.15) is 0 Å². The average Bonchev–Trinajstić information content (AvgIpc) is 3.39. The molecule has 1 aromatic rings. The third-order valence-corrected chi connectivity index (χ3v) is 6.36. The molecule has 0 fully saturated rings. The van der Waals surface area contributed by atoms with Crippen LogP contribution in [0.15, 0.2) is 63.3 Å². The van der Waals surface area contributed by atoms with E-state index in [2.05, 4.69) is 93.4 Å². The Balaban J connectivity index is 2.17. The molecular formula is C27H41N7OS. The summed E-state index contributed by atoms with van der Waals surface area (Å²) in [6.45, 7) is 12.3. The number of rotatable bonds is 17. The fourth-order valence-corrected chi connectivity index (χ4v) is 4.48. The summed E-state index contributed by atoms with van der Waals surface area (Å²) < 4.78 is 0. The van der Waals surface area contributed by atoms with Gasteiger partial charge in [0.2, 0.25) is 6.41 Å². The molecule has 0 aromatic heterocycles. The van der Waals surface area contributed by atoms with Crippen LogP contribution in [0.4, 0.5) is 0 Å². The van der Waals surface area contributed by atoms with Gasteiger partial charge in [0, 0.05) is 43.7 Å².